The smallest absolute Gasteiger partial charge is 0.0406 e. The zero-order valence-electron chi connectivity index (χ0n) is 10.5. The molecule has 0 radical (unpaired) electrons. The summed E-state index contributed by atoms with van der Waals surface area (Å²) < 4.78 is 0. The van der Waals surface area contributed by atoms with Gasteiger partial charge in [0, 0.05) is 18.3 Å². The number of rotatable bonds is 4. The normalized spacial score (nSPS) is 19.3. The fourth-order valence-corrected chi connectivity index (χ4v) is 3.16. The van der Waals surface area contributed by atoms with Crippen LogP contribution in [0.3, 0.4) is 0 Å². The van der Waals surface area contributed by atoms with Crippen molar-refractivity contribution in [3.8, 4) is 0 Å². The first-order valence-electron chi connectivity index (χ1n) is 7.01. The number of hydrogen-bond acceptors (Lipinski definition) is 2. The van der Waals surface area contributed by atoms with Crippen molar-refractivity contribution in [1.29, 1.82) is 0 Å². The van der Waals surface area contributed by atoms with Crippen molar-refractivity contribution in [1.82, 2.24) is 5.32 Å². The molecule has 2 heteroatoms. The number of fused-ring (bicyclic) bond motifs is 1. The van der Waals surface area contributed by atoms with E-state index >= 15 is 0 Å². The van der Waals surface area contributed by atoms with Gasteiger partial charge in [-0.3, -0.25) is 0 Å². The van der Waals surface area contributed by atoms with Crippen LogP contribution in [0, 0.1) is 0 Å². The fourth-order valence-electron chi connectivity index (χ4n) is 3.16. The van der Waals surface area contributed by atoms with Crippen LogP contribution in [-0.4, -0.2) is 19.1 Å². The standard InChI is InChI=1S/C15H22N2/c1-2-7-14(6-1)16-10-8-12-4-3-5-13-9-11-17-15(12)13/h3-5,14,16-17H,1-2,6-11H2. The van der Waals surface area contributed by atoms with Gasteiger partial charge in [0.05, 0.1) is 0 Å². The SMILES string of the molecule is c1cc2c(c(CCNC3CCCC3)c1)NCC2. The average molecular weight is 230 g/mol. The van der Waals surface area contributed by atoms with Crippen molar-refractivity contribution in [3.05, 3.63) is 29.3 Å². The van der Waals surface area contributed by atoms with Crippen molar-refractivity contribution in [2.45, 2.75) is 44.6 Å². The van der Waals surface area contributed by atoms with E-state index in [4.69, 9.17) is 0 Å². The molecule has 0 aromatic heterocycles. The summed E-state index contributed by atoms with van der Waals surface area (Å²) in [5.74, 6) is 0. The number of hydrogen-bond donors (Lipinski definition) is 2. The van der Waals surface area contributed by atoms with E-state index in [1.807, 2.05) is 0 Å². The van der Waals surface area contributed by atoms with Crippen LogP contribution in [0.5, 0.6) is 0 Å². The van der Waals surface area contributed by atoms with Gasteiger partial charge in [0.2, 0.25) is 0 Å². The Labute approximate surface area is 104 Å². The highest BCUT2D eigenvalue weighted by atomic mass is 14.9. The van der Waals surface area contributed by atoms with E-state index < -0.39 is 0 Å². The second-order valence-corrected chi connectivity index (χ2v) is 5.31. The molecule has 2 nitrogen and oxygen atoms in total. The highest BCUT2D eigenvalue weighted by Crippen LogP contribution is 2.26. The molecule has 0 spiro atoms. The van der Waals surface area contributed by atoms with Crippen molar-refractivity contribution < 1.29 is 0 Å². The molecule has 0 amide bonds. The van der Waals surface area contributed by atoms with Gasteiger partial charge >= 0.3 is 0 Å². The summed E-state index contributed by atoms with van der Waals surface area (Å²) in [5, 5.41) is 7.21. The molecule has 1 aliphatic heterocycles. The molecule has 92 valence electrons. The summed E-state index contributed by atoms with van der Waals surface area (Å²) in [6.45, 7) is 2.24. The molecule has 0 unspecified atom stereocenters. The third-order valence-electron chi connectivity index (χ3n) is 4.12. The second-order valence-electron chi connectivity index (χ2n) is 5.31. The summed E-state index contributed by atoms with van der Waals surface area (Å²) in [4.78, 5) is 0. The van der Waals surface area contributed by atoms with E-state index in [1.165, 1.54) is 48.9 Å². The Balaban J connectivity index is 1.56. The number of nitrogens with one attached hydrogen (secondary N) is 2. The molecule has 17 heavy (non-hydrogen) atoms. The van der Waals surface area contributed by atoms with Gasteiger partial charge in [-0.25, -0.2) is 0 Å². The molecule has 1 aliphatic carbocycles. The zero-order valence-corrected chi connectivity index (χ0v) is 10.5. The minimum atomic E-state index is 0.791. The summed E-state index contributed by atoms with van der Waals surface area (Å²) >= 11 is 0. The summed E-state index contributed by atoms with van der Waals surface area (Å²) in [5.41, 5.74) is 4.41. The van der Waals surface area contributed by atoms with Crippen molar-refractivity contribution >= 4 is 5.69 Å². The Kier molecular flexibility index (Phi) is 3.32. The molecule has 2 N–H and O–H groups in total. The molecule has 1 fully saturated rings. The highest BCUT2D eigenvalue weighted by Gasteiger charge is 2.15. The molecule has 0 bridgehead atoms. The second kappa shape index (κ2) is 5.09. The molecule has 0 atom stereocenters. The molecule has 2 aliphatic rings. The van der Waals surface area contributed by atoms with Gasteiger partial charge in [-0.2, -0.15) is 0 Å². The number of anilines is 1. The van der Waals surface area contributed by atoms with Gasteiger partial charge in [-0.15, -0.1) is 0 Å². The van der Waals surface area contributed by atoms with E-state index in [9.17, 15) is 0 Å². The first kappa shape index (κ1) is 11.1. The van der Waals surface area contributed by atoms with E-state index in [1.54, 1.807) is 0 Å². The summed E-state index contributed by atoms with van der Waals surface area (Å²) in [7, 11) is 0. The Morgan fingerprint density at radius 2 is 2.12 bits per heavy atom. The van der Waals surface area contributed by atoms with Gasteiger partial charge < -0.3 is 10.6 Å². The molecular formula is C15H22N2. The maximum absolute atomic E-state index is 3.69. The Bertz CT molecular complexity index is 381. The number of para-hydroxylation sites is 1. The van der Waals surface area contributed by atoms with Crippen LogP contribution in [0.1, 0.15) is 36.8 Å². The molecule has 0 saturated heterocycles. The predicted octanol–water partition coefficient (Wildman–Crippen LogP) is 2.73. The van der Waals surface area contributed by atoms with Gasteiger partial charge in [0.15, 0.2) is 0 Å². The van der Waals surface area contributed by atoms with Gasteiger partial charge in [0.1, 0.15) is 0 Å². The topological polar surface area (TPSA) is 24.1 Å². The monoisotopic (exact) mass is 230 g/mol. The quantitative estimate of drug-likeness (QED) is 0.831. The maximum Gasteiger partial charge on any atom is 0.0406 e. The van der Waals surface area contributed by atoms with E-state index in [0.29, 0.717) is 0 Å². The molecule has 1 aromatic rings. The first-order valence-corrected chi connectivity index (χ1v) is 7.01. The largest absolute Gasteiger partial charge is 0.384 e. The Hall–Kier alpha value is -1.02. The van der Waals surface area contributed by atoms with Crippen LogP contribution in [0.15, 0.2) is 18.2 Å². The third-order valence-corrected chi connectivity index (χ3v) is 4.12. The lowest BCUT2D eigenvalue weighted by atomic mass is 10.0. The Morgan fingerprint density at radius 3 is 3.00 bits per heavy atom. The van der Waals surface area contributed by atoms with Crippen LogP contribution < -0.4 is 10.6 Å². The first-order chi connectivity index (χ1) is 8.43. The van der Waals surface area contributed by atoms with Gasteiger partial charge in [-0.05, 0) is 43.4 Å². The lowest BCUT2D eigenvalue weighted by Crippen LogP contribution is -2.28. The molecule has 1 heterocycles. The fraction of sp³-hybridized carbons (Fsp3) is 0.600. The van der Waals surface area contributed by atoms with Crippen LogP contribution in [0.2, 0.25) is 0 Å². The zero-order chi connectivity index (χ0) is 11.5. The third kappa shape index (κ3) is 2.47. The minimum absolute atomic E-state index is 0.791. The van der Waals surface area contributed by atoms with Crippen LogP contribution in [-0.2, 0) is 12.8 Å². The lowest BCUT2D eigenvalue weighted by molar-refractivity contribution is 0.528. The van der Waals surface area contributed by atoms with E-state index in [0.717, 1.165) is 25.6 Å². The molecule has 1 saturated carbocycles. The average Bonchev–Trinajstić information content (AvgIpc) is 2.99. The van der Waals surface area contributed by atoms with E-state index in [2.05, 4.69) is 28.8 Å². The molecular weight excluding hydrogens is 208 g/mol. The maximum atomic E-state index is 3.69. The Morgan fingerprint density at radius 1 is 1.24 bits per heavy atom. The van der Waals surface area contributed by atoms with Crippen LogP contribution >= 0.6 is 0 Å². The lowest BCUT2D eigenvalue weighted by Gasteiger charge is -2.13. The highest BCUT2D eigenvalue weighted by molar-refractivity contribution is 5.61. The van der Waals surface area contributed by atoms with Gasteiger partial charge in [-0.1, -0.05) is 31.0 Å². The predicted molar refractivity (Wildman–Crippen MR) is 72.6 cm³/mol. The van der Waals surface area contributed by atoms with Crippen LogP contribution in [0.4, 0.5) is 5.69 Å². The summed E-state index contributed by atoms with van der Waals surface area (Å²) in [6.07, 6.45) is 7.95. The summed E-state index contributed by atoms with van der Waals surface area (Å²) in [6, 6.07) is 7.52. The molecule has 1 aromatic carbocycles. The minimum Gasteiger partial charge on any atom is -0.384 e. The van der Waals surface area contributed by atoms with Crippen LogP contribution in [0.25, 0.3) is 0 Å². The van der Waals surface area contributed by atoms with Crippen molar-refractivity contribution in [2.75, 3.05) is 18.4 Å². The van der Waals surface area contributed by atoms with Gasteiger partial charge in [0.25, 0.3) is 0 Å². The van der Waals surface area contributed by atoms with Crippen molar-refractivity contribution in [3.63, 3.8) is 0 Å². The molecule has 3 rings (SSSR count). The number of benzene rings is 1. The van der Waals surface area contributed by atoms with E-state index in [-0.39, 0.29) is 0 Å². The van der Waals surface area contributed by atoms with Crippen molar-refractivity contribution in [2.24, 2.45) is 0 Å².